The number of nitro benzene ring substituents is 1. The molecular weight excluding hydrogens is 196 g/mol. The summed E-state index contributed by atoms with van der Waals surface area (Å²) in [4.78, 5) is 10.1. The molecule has 1 aromatic rings. The predicted molar refractivity (Wildman–Crippen MR) is 54.3 cm³/mol. The van der Waals surface area contributed by atoms with Crippen LogP contribution in [0.3, 0.4) is 0 Å². The van der Waals surface area contributed by atoms with Crippen LogP contribution in [-0.4, -0.2) is 12.0 Å². The van der Waals surface area contributed by atoms with Crippen molar-refractivity contribution in [2.24, 2.45) is 0 Å². The van der Waals surface area contributed by atoms with E-state index in [0.717, 1.165) is 0 Å². The third kappa shape index (κ3) is 2.54. The molecule has 0 aliphatic heterocycles. The smallest absolute Gasteiger partial charge is 0.311 e. The maximum Gasteiger partial charge on any atom is 0.311 e. The Bertz CT molecular complexity index is 446. The summed E-state index contributed by atoms with van der Waals surface area (Å²) in [5, 5.41) is 19.0. The van der Waals surface area contributed by atoms with Gasteiger partial charge in [-0.25, -0.2) is 0 Å². The summed E-state index contributed by atoms with van der Waals surface area (Å²) in [5.41, 5.74) is 0.474. The van der Waals surface area contributed by atoms with Crippen LogP contribution < -0.4 is 4.74 Å². The number of benzene rings is 1. The minimum absolute atomic E-state index is 0.113. The fourth-order valence-corrected chi connectivity index (χ4v) is 1.09. The number of nitro groups is 1. The molecule has 0 aromatic heterocycles. The van der Waals surface area contributed by atoms with Gasteiger partial charge in [0.15, 0.2) is 5.75 Å². The summed E-state index contributed by atoms with van der Waals surface area (Å²) >= 11 is 0. The van der Waals surface area contributed by atoms with Gasteiger partial charge in [-0.3, -0.25) is 10.1 Å². The number of nitrogens with zero attached hydrogens (tertiary/aromatic N) is 2. The number of rotatable bonds is 3. The van der Waals surface area contributed by atoms with Crippen LogP contribution in [0.1, 0.15) is 5.56 Å². The third-order valence-corrected chi connectivity index (χ3v) is 1.75. The Labute approximate surface area is 86.4 Å². The van der Waals surface area contributed by atoms with Crippen molar-refractivity contribution in [1.82, 2.24) is 0 Å². The lowest BCUT2D eigenvalue weighted by atomic mass is 10.2. The van der Waals surface area contributed by atoms with E-state index in [2.05, 4.69) is 0 Å². The summed E-state index contributed by atoms with van der Waals surface area (Å²) in [6.45, 7) is 0. The number of hydrogen-bond donors (Lipinski definition) is 0. The van der Waals surface area contributed by atoms with Gasteiger partial charge in [0, 0.05) is 12.1 Å². The van der Waals surface area contributed by atoms with Crippen molar-refractivity contribution in [1.29, 1.82) is 5.26 Å². The second kappa shape index (κ2) is 4.77. The molecular formula is C10H8N2O3. The Hall–Kier alpha value is -2.35. The quantitative estimate of drug-likeness (QED) is 0.429. The molecule has 0 fully saturated rings. The highest BCUT2D eigenvalue weighted by Gasteiger charge is 2.13. The van der Waals surface area contributed by atoms with E-state index in [0.29, 0.717) is 5.56 Å². The van der Waals surface area contributed by atoms with Gasteiger partial charge in [0.1, 0.15) is 0 Å². The SMILES string of the molecule is COc1ccc(C=CC#N)cc1[N+](=O)[O-]. The van der Waals surface area contributed by atoms with Crippen molar-refractivity contribution in [3.63, 3.8) is 0 Å². The monoisotopic (exact) mass is 204 g/mol. The molecule has 0 aliphatic carbocycles. The average molecular weight is 204 g/mol. The highest BCUT2D eigenvalue weighted by Crippen LogP contribution is 2.27. The van der Waals surface area contributed by atoms with E-state index >= 15 is 0 Å². The largest absolute Gasteiger partial charge is 0.490 e. The van der Waals surface area contributed by atoms with Crippen LogP contribution >= 0.6 is 0 Å². The highest BCUT2D eigenvalue weighted by atomic mass is 16.6. The molecule has 0 bridgehead atoms. The molecule has 0 unspecified atom stereocenters. The normalized spacial score (nSPS) is 9.87. The highest BCUT2D eigenvalue weighted by molar-refractivity contribution is 5.59. The summed E-state index contributed by atoms with van der Waals surface area (Å²) < 4.78 is 4.84. The minimum Gasteiger partial charge on any atom is -0.490 e. The molecule has 0 radical (unpaired) electrons. The van der Waals surface area contributed by atoms with Gasteiger partial charge >= 0.3 is 5.69 Å². The molecule has 0 aliphatic rings. The standard InChI is InChI=1S/C10H8N2O3/c1-15-10-5-4-8(3-2-6-11)7-9(10)12(13)14/h2-5,7H,1H3. The fourth-order valence-electron chi connectivity index (χ4n) is 1.09. The third-order valence-electron chi connectivity index (χ3n) is 1.75. The van der Waals surface area contributed by atoms with Crippen LogP contribution in [0.4, 0.5) is 5.69 Å². The van der Waals surface area contributed by atoms with Crippen LogP contribution in [-0.2, 0) is 0 Å². The van der Waals surface area contributed by atoms with E-state index in [4.69, 9.17) is 10.00 Å². The molecule has 0 saturated heterocycles. The van der Waals surface area contributed by atoms with Crippen molar-refractivity contribution in [3.8, 4) is 11.8 Å². The van der Waals surface area contributed by atoms with E-state index < -0.39 is 4.92 Å². The molecule has 0 atom stereocenters. The summed E-state index contributed by atoms with van der Waals surface area (Å²) in [6, 6.07) is 6.30. The van der Waals surface area contributed by atoms with Crippen LogP contribution in [0, 0.1) is 21.4 Å². The first-order valence-corrected chi connectivity index (χ1v) is 4.07. The number of allylic oxidation sites excluding steroid dienone is 1. The molecule has 0 N–H and O–H groups in total. The molecule has 0 saturated carbocycles. The van der Waals surface area contributed by atoms with E-state index in [1.807, 2.05) is 6.07 Å². The van der Waals surface area contributed by atoms with Crippen LogP contribution in [0.25, 0.3) is 6.08 Å². The minimum atomic E-state index is -0.525. The second-order valence-electron chi connectivity index (χ2n) is 2.65. The van der Waals surface area contributed by atoms with Crippen molar-refractivity contribution in [2.75, 3.05) is 7.11 Å². The fraction of sp³-hybridized carbons (Fsp3) is 0.100. The molecule has 76 valence electrons. The van der Waals surface area contributed by atoms with Gasteiger partial charge in [-0.05, 0) is 17.7 Å². The van der Waals surface area contributed by atoms with Gasteiger partial charge < -0.3 is 4.74 Å². The van der Waals surface area contributed by atoms with Crippen LogP contribution in [0.5, 0.6) is 5.75 Å². The summed E-state index contributed by atoms with van der Waals surface area (Å²) in [6.07, 6.45) is 2.75. The zero-order valence-corrected chi connectivity index (χ0v) is 8.01. The first-order chi connectivity index (χ1) is 7.19. The zero-order chi connectivity index (χ0) is 11.3. The Morgan fingerprint density at radius 3 is 2.87 bits per heavy atom. The first-order valence-electron chi connectivity index (χ1n) is 4.07. The van der Waals surface area contributed by atoms with Crippen molar-refractivity contribution < 1.29 is 9.66 Å². The predicted octanol–water partition coefficient (Wildman–Crippen LogP) is 2.14. The molecule has 1 aromatic carbocycles. The lowest BCUT2D eigenvalue weighted by molar-refractivity contribution is -0.385. The van der Waals surface area contributed by atoms with Crippen LogP contribution in [0.15, 0.2) is 24.3 Å². The van der Waals surface area contributed by atoms with Crippen molar-refractivity contribution in [3.05, 3.63) is 40.0 Å². The molecule has 5 heteroatoms. The number of ether oxygens (including phenoxy) is 1. The van der Waals surface area contributed by atoms with E-state index in [-0.39, 0.29) is 11.4 Å². The molecule has 1 rings (SSSR count). The van der Waals surface area contributed by atoms with Crippen molar-refractivity contribution in [2.45, 2.75) is 0 Å². The molecule has 5 nitrogen and oxygen atoms in total. The second-order valence-corrected chi connectivity index (χ2v) is 2.65. The summed E-state index contributed by atoms with van der Waals surface area (Å²) in [7, 11) is 1.37. The van der Waals surface area contributed by atoms with Gasteiger partial charge in [0.05, 0.1) is 18.1 Å². The molecule has 0 heterocycles. The summed E-state index contributed by atoms with van der Waals surface area (Å²) in [5.74, 6) is 0.203. The van der Waals surface area contributed by atoms with Gasteiger partial charge in [-0.2, -0.15) is 5.26 Å². The van der Waals surface area contributed by atoms with Gasteiger partial charge in [0.25, 0.3) is 0 Å². The Morgan fingerprint density at radius 1 is 1.60 bits per heavy atom. The van der Waals surface area contributed by atoms with Gasteiger partial charge in [-0.1, -0.05) is 6.07 Å². The van der Waals surface area contributed by atoms with Gasteiger partial charge in [0.2, 0.25) is 0 Å². The van der Waals surface area contributed by atoms with Gasteiger partial charge in [-0.15, -0.1) is 0 Å². The number of hydrogen-bond acceptors (Lipinski definition) is 4. The molecule has 15 heavy (non-hydrogen) atoms. The lowest BCUT2D eigenvalue weighted by Gasteiger charge is -2.01. The number of nitriles is 1. The average Bonchev–Trinajstić information content (AvgIpc) is 2.25. The number of methoxy groups -OCH3 is 1. The first kappa shape index (κ1) is 10.7. The maximum absolute atomic E-state index is 10.6. The molecule has 0 spiro atoms. The lowest BCUT2D eigenvalue weighted by Crippen LogP contribution is -1.93. The maximum atomic E-state index is 10.6. The molecule has 0 amide bonds. The van der Waals surface area contributed by atoms with E-state index in [1.54, 1.807) is 6.07 Å². The van der Waals surface area contributed by atoms with Crippen molar-refractivity contribution >= 4 is 11.8 Å². The topological polar surface area (TPSA) is 76.2 Å². The Kier molecular flexibility index (Phi) is 3.41. The Morgan fingerprint density at radius 2 is 2.33 bits per heavy atom. The van der Waals surface area contributed by atoms with E-state index in [1.165, 1.54) is 31.4 Å². The van der Waals surface area contributed by atoms with E-state index in [9.17, 15) is 10.1 Å². The Balaban J connectivity index is 3.17. The van der Waals surface area contributed by atoms with Crippen LogP contribution in [0.2, 0.25) is 0 Å². The zero-order valence-electron chi connectivity index (χ0n) is 8.01.